The van der Waals surface area contributed by atoms with Gasteiger partial charge in [-0.3, -0.25) is 4.79 Å². The Morgan fingerprint density at radius 1 is 1.33 bits per heavy atom. The van der Waals surface area contributed by atoms with E-state index in [-0.39, 0.29) is 5.56 Å². The molecule has 0 aliphatic heterocycles. The molecular weight excluding hydrogens is 166 g/mol. The lowest BCUT2D eigenvalue weighted by Crippen LogP contribution is -2.09. The number of hydrogen-bond donors (Lipinski definition) is 1. The van der Waals surface area contributed by atoms with Gasteiger partial charge < -0.3 is 5.11 Å². The Kier molecular flexibility index (Phi) is 2.38. The maximum Gasteiger partial charge on any atom is 0.300 e. The molecule has 0 aromatic heterocycles. The van der Waals surface area contributed by atoms with Gasteiger partial charge in [0.15, 0.2) is 0 Å². The summed E-state index contributed by atoms with van der Waals surface area (Å²) in [4.78, 5) is 10.7. The lowest BCUT2D eigenvalue weighted by atomic mass is 10.1. The molecule has 4 heteroatoms. The number of hydrogen-bond acceptors (Lipinski definition) is 2. The van der Waals surface area contributed by atoms with Crippen LogP contribution in [0.15, 0.2) is 24.3 Å². The highest BCUT2D eigenvalue weighted by atomic mass is 19.3. The van der Waals surface area contributed by atoms with Crippen molar-refractivity contribution in [2.45, 2.75) is 6.43 Å². The number of carbonyl (C=O) groups is 1. The van der Waals surface area contributed by atoms with Crippen molar-refractivity contribution in [1.82, 2.24) is 0 Å². The normalized spacial score (nSPS) is 10.2. The maximum absolute atomic E-state index is 11.8. The molecule has 12 heavy (non-hydrogen) atoms. The van der Waals surface area contributed by atoms with Crippen molar-refractivity contribution < 1.29 is 18.7 Å². The van der Waals surface area contributed by atoms with Gasteiger partial charge >= 0.3 is 6.43 Å². The largest absolute Gasteiger partial charge is 0.507 e. The van der Waals surface area contributed by atoms with Gasteiger partial charge in [-0.15, -0.1) is 0 Å². The molecule has 0 atom stereocenters. The van der Waals surface area contributed by atoms with Crippen LogP contribution in [0.5, 0.6) is 5.75 Å². The van der Waals surface area contributed by atoms with Gasteiger partial charge in [0.2, 0.25) is 5.78 Å². The average Bonchev–Trinajstić information content (AvgIpc) is 2.04. The molecule has 64 valence electrons. The summed E-state index contributed by atoms with van der Waals surface area (Å²) < 4.78 is 23.7. The van der Waals surface area contributed by atoms with Crippen molar-refractivity contribution in [3.8, 4) is 5.75 Å². The van der Waals surface area contributed by atoms with Gasteiger partial charge in [0.25, 0.3) is 0 Å². The number of carbonyl (C=O) groups excluding carboxylic acids is 1. The van der Waals surface area contributed by atoms with Crippen molar-refractivity contribution in [2.75, 3.05) is 0 Å². The van der Waals surface area contributed by atoms with Crippen LogP contribution in [0.25, 0.3) is 0 Å². The third-order valence-corrected chi connectivity index (χ3v) is 1.37. The number of Topliss-reactive ketones (excluding diaryl/α,β-unsaturated/α-hetero) is 1. The topological polar surface area (TPSA) is 37.3 Å². The number of ketones is 1. The van der Waals surface area contributed by atoms with E-state index >= 15 is 0 Å². The molecule has 1 rings (SSSR count). The molecule has 0 spiro atoms. The van der Waals surface area contributed by atoms with Crippen LogP contribution in [0.1, 0.15) is 10.4 Å². The predicted octanol–water partition coefficient (Wildman–Crippen LogP) is 1.84. The molecule has 0 heterocycles. The van der Waals surface area contributed by atoms with E-state index < -0.39 is 18.0 Å². The Balaban J connectivity index is 3.03. The van der Waals surface area contributed by atoms with Crippen LogP contribution >= 0.6 is 0 Å². The lowest BCUT2D eigenvalue weighted by Gasteiger charge is -2.00. The summed E-state index contributed by atoms with van der Waals surface area (Å²) >= 11 is 0. The molecule has 0 saturated carbocycles. The quantitative estimate of drug-likeness (QED) is 0.691. The lowest BCUT2D eigenvalue weighted by molar-refractivity contribution is 0.0676. The summed E-state index contributed by atoms with van der Waals surface area (Å²) in [5.41, 5.74) is -0.340. The van der Waals surface area contributed by atoms with Gasteiger partial charge in [-0.25, -0.2) is 8.78 Å². The average molecular weight is 172 g/mol. The molecule has 1 aromatic rings. The van der Waals surface area contributed by atoms with Crippen molar-refractivity contribution in [1.29, 1.82) is 0 Å². The van der Waals surface area contributed by atoms with Crippen LogP contribution in [0.3, 0.4) is 0 Å². The smallest absolute Gasteiger partial charge is 0.300 e. The summed E-state index contributed by atoms with van der Waals surface area (Å²) in [6, 6.07) is 5.21. The summed E-state index contributed by atoms with van der Waals surface area (Å²) in [6.45, 7) is 0. The van der Waals surface area contributed by atoms with Gasteiger partial charge in [-0.1, -0.05) is 12.1 Å². The highest BCUT2D eigenvalue weighted by molar-refractivity contribution is 6.00. The number of phenols is 1. The molecule has 1 N–H and O–H groups in total. The van der Waals surface area contributed by atoms with E-state index in [1.807, 2.05) is 0 Å². The third kappa shape index (κ3) is 1.58. The van der Waals surface area contributed by atoms with Crippen molar-refractivity contribution in [2.24, 2.45) is 0 Å². The second-order valence-corrected chi connectivity index (χ2v) is 2.18. The van der Waals surface area contributed by atoms with Crippen molar-refractivity contribution in [3.63, 3.8) is 0 Å². The van der Waals surface area contributed by atoms with Crippen LogP contribution in [0.2, 0.25) is 0 Å². The summed E-state index contributed by atoms with van der Waals surface area (Å²) in [7, 11) is 0. The summed E-state index contributed by atoms with van der Waals surface area (Å²) in [6.07, 6.45) is -3.07. The van der Waals surface area contributed by atoms with E-state index in [1.165, 1.54) is 18.2 Å². The Morgan fingerprint density at radius 3 is 2.42 bits per heavy atom. The van der Waals surface area contributed by atoms with Crippen LogP contribution in [-0.4, -0.2) is 17.3 Å². The fourth-order valence-corrected chi connectivity index (χ4v) is 0.800. The number of rotatable bonds is 2. The SMILES string of the molecule is O=C(c1ccccc1O)C(F)F. The van der Waals surface area contributed by atoms with Gasteiger partial charge in [0, 0.05) is 0 Å². The van der Waals surface area contributed by atoms with E-state index in [0.717, 1.165) is 6.07 Å². The Hall–Kier alpha value is -1.45. The van der Waals surface area contributed by atoms with Crippen LogP contribution in [-0.2, 0) is 0 Å². The van der Waals surface area contributed by atoms with E-state index in [0.29, 0.717) is 0 Å². The highest BCUT2D eigenvalue weighted by Crippen LogP contribution is 2.18. The molecule has 0 radical (unpaired) electrons. The first-order valence-electron chi connectivity index (χ1n) is 3.23. The summed E-state index contributed by atoms with van der Waals surface area (Å²) in [5.74, 6) is -1.77. The molecule has 0 unspecified atom stereocenters. The first kappa shape index (κ1) is 8.64. The third-order valence-electron chi connectivity index (χ3n) is 1.37. The Labute approximate surface area is 67.4 Å². The number of benzene rings is 1. The number of halogens is 2. The van der Waals surface area contributed by atoms with E-state index in [9.17, 15) is 13.6 Å². The monoisotopic (exact) mass is 172 g/mol. The molecule has 1 aromatic carbocycles. The second kappa shape index (κ2) is 3.30. The number of para-hydroxylation sites is 1. The van der Waals surface area contributed by atoms with E-state index in [1.54, 1.807) is 0 Å². The fraction of sp³-hybridized carbons (Fsp3) is 0.125. The number of phenolic OH excluding ortho intramolecular Hbond substituents is 1. The first-order valence-corrected chi connectivity index (χ1v) is 3.23. The first-order chi connectivity index (χ1) is 5.63. The minimum absolute atomic E-state index is 0.340. The summed E-state index contributed by atoms with van der Waals surface area (Å²) in [5, 5.41) is 8.98. The minimum atomic E-state index is -3.07. The molecular formula is C8H6F2O2. The molecule has 0 fully saturated rings. The minimum Gasteiger partial charge on any atom is -0.507 e. The van der Waals surface area contributed by atoms with Gasteiger partial charge in [0.1, 0.15) is 5.75 Å². The second-order valence-electron chi connectivity index (χ2n) is 2.18. The predicted molar refractivity (Wildman–Crippen MR) is 38.4 cm³/mol. The standard InChI is InChI=1S/C8H6F2O2/c9-8(10)7(12)5-3-1-2-4-6(5)11/h1-4,8,11H. The number of alkyl halides is 2. The van der Waals surface area contributed by atoms with Crippen LogP contribution in [0, 0.1) is 0 Å². The molecule has 2 nitrogen and oxygen atoms in total. The van der Waals surface area contributed by atoms with Gasteiger partial charge in [0.05, 0.1) is 5.56 Å². The van der Waals surface area contributed by atoms with Crippen molar-refractivity contribution >= 4 is 5.78 Å². The molecule has 0 aliphatic carbocycles. The van der Waals surface area contributed by atoms with E-state index in [4.69, 9.17) is 5.11 Å². The Bertz CT molecular complexity index is 297. The van der Waals surface area contributed by atoms with Gasteiger partial charge in [-0.2, -0.15) is 0 Å². The zero-order valence-corrected chi connectivity index (χ0v) is 6.00. The Morgan fingerprint density at radius 2 is 1.92 bits per heavy atom. The molecule has 0 saturated heterocycles. The fourth-order valence-electron chi connectivity index (χ4n) is 0.800. The molecule has 0 amide bonds. The van der Waals surface area contributed by atoms with Crippen LogP contribution in [0.4, 0.5) is 8.78 Å². The van der Waals surface area contributed by atoms with Gasteiger partial charge in [-0.05, 0) is 12.1 Å². The maximum atomic E-state index is 11.8. The van der Waals surface area contributed by atoms with Crippen LogP contribution < -0.4 is 0 Å². The molecule has 0 bridgehead atoms. The highest BCUT2D eigenvalue weighted by Gasteiger charge is 2.19. The zero-order valence-electron chi connectivity index (χ0n) is 6.00. The van der Waals surface area contributed by atoms with Crippen molar-refractivity contribution in [3.05, 3.63) is 29.8 Å². The zero-order chi connectivity index (χ0) is 9.14. The molecule has 0 aliphatic rings. The number of aromatic hydroxyl groups is 1. The van der Waals surface area contributed by atoms with E-state index in [2.05, 4.69) is 0 Å².